The van der Waals surface area contributed by atoms with Crippen LogP contribution in [0, 0.1) is 5.92 Å². The average molecular weight is 935 g/mol. The highest BCUT2D eigenvalue weighted by molar-refractivity contribution is 6.27. The normalized spacial score (nSPS) is 15.4. The molecule has 0 fully saturated rings. The summed E-state index contributed by atoms with van der Waals surface area (Å²) in [7, 11) is 0. The Morgan fingerprint density at radius 1 is 0.397 bits per heavy atom. The molecule has 6 nitrogen and oxygen atoms in total. The Kier molecular flexibility index (Phi) is 8.40. The highest BCUT2D eigenvalue weighted by atomic mass is 16.3. The van der Waals surface area contributed by atoms with Gasteiger partial charge in [-0.05, 0) is 87.9 Å². The van der Waals surface area contributed by atoms with Crippen LogP contribution < -0.4 is 0 Å². The van der Waals surface area contributed by atoms with Gasteiger partial charge in [-0.25, -0.2) is 9.98 Å². The lowest BCUT2D eigenvalue weighted by atomic mass is 9.90. The van der Waals surface area contributed by atoms with E-state index in [0.29, 0.717) is 12.4 Å². The van der Waals surface area contributed by atoms with Crippen molar-refractivity contribution in [1.82, 2.24) is 9.13 Å². The van der Waals surface area contributed by atoms with Crippen LogP contribution in [0.1, 0.15) is 24.5 Å². The SMILES string of the molecule is CC1C/C=C(\c2cccc3oc4ccccc4c23)N=C(n2c3ccccc3c3ccccc32)N=C1c1cc(-n2c3cc4ccccc4cc3c3c4ccccc4ccc32)cc2oc3c4ccccc4ccc3c12. The number of aromatic nitrogens is 2. The van der Waals surface area contributed by atoms with Gasteiger partial charge < -0.3 is 13.4 Å². The molecule has 6 heteroatoms. The molecule has 0 radical (unpaired) electrons. The fourth-order valence-corrected chi connectivity index (χ4v) is 12.2. The smallest absolute Gasteiger partial charge is 0.235 e. The third-order valence-electron chi connectivity index (χ3n) is 15.5. The van der Waals surface area contributed by atoms with Gasteiger partial charge in [0.1, 0.15) is 22.3 Å². The van der Waals surface area contributed by atoms with Crippen molar-refractivity contribution < 1.29 is 8.83 Å². The molecular weight excluding hydrogens is 893 g/mol. The van der Waals surface area contributed by atoms with Crippen molar-refractivity contribution in [2.75, 3.05) is 0 Å². The molecule has 0 spiro atoms. The minimum atomic E-state index is -0.0659. The molecule has 342 valence electrons. The second-order valence-electron chi connectivity index (χ2n) is 19.6. The maximum Gasteiger partial charge on any atom is 0.235 e. The van der Waals surface area contributed by atoms with Crippen molar-refractivity contribution in [3.05, 3.63) is 230 Å². The number of furan rings is 2. The molecule has 4 aromatic heterocycles. The third kappa shape index (κ3) is 5.86. The molecule has 11 aromatic carbocycles. The molecule has 1 aliphatic rings. The molecular formula is C67H42N4O2. The Morgan fingerprint density at radius 3 is 1.82 bits per heavy atom. The minimum Gasteiger partial charge on any atom is -0.456 e. The number of benzene rings is 11. The summed E-state index contributed by atoms with van der Waals surface area (Å²) in [6.45, 7) is 2.31. The molecule has 0 N–H and O–H groups in total. The van der Waals surface area contributed by atoms with Crippen molar-refractivity contribution >= 4 is 137 Å². The van der Waals surface area contributed by atoms with Gasteiger partial charge in [-0.3, -0.25) is 4.57 Å². The van der Waals surface area contributed by atoms with E-state index in [0.717, 1.165) is 116 Å². The van der Waals surface area contributed by atoms with E-state index < -0.39 is 0 Å². The summed E-state index contributed by atoms with van der Waals surface area (Å²) in [6.07, 6.45) is 3.00. The largest absolute Gasteiger partial charge is 0.456 e. The first-order valence-corrected chi connectivity index (χ1v) is 25.1. The average Bonchev–Trinajstić information content (AvgIpc) is 4.19. The second-order valence-corrected chi connectivity index (χ2v) is 19.6. The molecule has 1 aliphatic heterocycles. The standard InChI is InChI=1S/C67H42N4O2/c1-39-29-33-54(49-24-14-28-60-63(49)50-23-10-13-27-59(50)72-60)68-67(71-55-25-11-8-21-47(55)48-22-9-12-26-56(48)71)69-65(39)53-37-44(38-61-64(53)51-32-30-41-16-5-7-20-46(41)66(51)73-61)70-57-34-31-40-15-4-6-19-45(40)62(57)52-35-42-17-2-3-18-43(42)36-58(52)70/h2-28,30-39H,29H2,1H3/b54-33+,68-67?,69-65?. The van der Waals surface area contributed by atoms with Crippen LogP contribution in [0.3, 0.4) is 0 Å². The lowest BCUT2D eigenvalue weighted by molar-refractivity contribution is 0.669. The first-order valence-electron chi connectivity index (χ1n) is 25.1. The lowest BCUT2D eigenvalue weighted by Gasteiger charge is -2.21. The summed E-state index contributed by atoms with van der Waals surface area (Å²) in [5, 5.41) is 16.0. The van der Waals surface area contributed by atoms with Gasteiger partial charge in [0.25, 0.3) is 0 Å². The van der Waals surface area contributed by atoms with Gasteiger partial charge in [-0.2, -0.15) is 0 Å². The summed E-state index contributed by atoms with van der Waals surface area (Å²) in [4.78, 5) is 11.7. The number of rotatable bonds is 3. The van der Waals surface area contributed by atoms with E-state index in [1.807, 2.05) is 12.1 Å². The van der Waals surface area contributed by atoms with Crippen LogP contribution in [-0.4, -0.2) is 20.8 Å². The molecule has 0 bridgehead atoms. The van der Waals surface area contributed by atoms with Crippen molar-refractivity contribution in [3.8, 4) is 5.69 Å². The van der Waals surface area contributed by atoms with Gasteiger partial charge in [0, 0.05) is 71.6 Å². The van der Waals surface area contributed by atoms with Crippen LogP contribution in [-0.2, 0) is 0 Å². The Morgan fingerprint density at radius 2 is 1.03 bits per heavy atom. The number of hydrogen-bond donors (Lipinski definition) is 0. The van der Waals surface area contributed by atoms with E-state index in [1.54, 1.807) is 0 Å². The number of nitrogens with zero attached hydrogens (tertiary/aromatic N) is 4. The number of fused-ring (bicyclic) bond motifs is 17. The van der Waals surface area contributed by atoms with Crippen LogP contribution in [0.2, 0.25) is 0 Å². The van der Waals surface area contributed by atoms with Crippen molar-refractivity contribution in [2.24, 2.45) is 15.9 Å². The maximum absolute atomic E-state index is 7.22. The predicted molar refractivity (Wildman–Crippen MR) is 305 cm³/mol. The quantitative estimate of drug-likeness (QED) is 0.177. The molecule has 0 saturated heterocycles. The molecule has 1 atom stereocenters. The molecule has 5 heterocycles. The highest BCUT2D eigenvalue weighted by Gasteiger charge is 2.28. The molecule has 0 amide bonds. The van der Waals surface area contributed by atoms with Gasteiger partial charge in [0.2, 0.25) is 5.96 Å². The number of para-hydroxylation sites is 3. The van der Waals surface area contributed by atoms with Gasteiger partial charge in [-0.1, -0.05) is 165 Å². The Bertz CT molecular complexity index is 4920. The Hall–Kier alpha value is -9.52. The Labute approximate surface area is 417 Å². The molecule has 0 aliphatic carbocycles. The number of allylic oxidation sites excluding steroid dienone is 1. The fourth-order valence-electron chi connectivity index (χ4n) is 12.2. The van der Waals surface area contributed by atoms with Crippen LogP contribution in [0.5, 0.6) is 0 Å². The molecule has 73 heavy (non-hydrogen) atoms. The van der Waals surface area contributed by atoms with Crippen molar-refractivity contribution in [1.29, 1.82) is 0 Å². The van der Waals surface area contributed by atoms with Gasteiger partial charge in [0.15, 0.2) is 0 Å². The zero-order valence-electron chi connectivity index (χ0n) is 39.7. The van der Waals surface area contributed by atoms with Crippen molar-refractivity contribution in [2.45, 2.75) is 13.3 Å². The maximum atomic E-state index is 7.22. The van der Waals surface area contributed by atoms with Crippen molar-refractivity contribution in [3.63, 3.8) is 0 Å². The van der Waals surface area contributed by atoms with E-state index in [4.69, 9.17) is 18.8 Å². The van der Waals surface area contributed by atoms with E-state index in [2.05, 4.69) is 222 Å². The summed E-state index contributed by atoms with van der Waals surface area (Å²) >= 11 is 0. The fraction of sp³-hybridized carbons (Fsp3) is 0.0448. The molecule has 1 unspecified atom stereocenters. The van der Waals surface area contributed by atoms with E-state index in [-0.39, 0.29) is 5.92 Å². The van der Waals surface area contributed by atoms with E-state index in [9.17, 15) is 0 Å². The summed E-state index contributed by atoms with van der Waals surface area (Å²) < 4.78 is 18.4. The molecule has 15 aromatic rings. The minimum absolute atomic E-state index is 0.0659. The number of hydrogen-bond acceptors (Lipinski definition) is 4. The van der Waals surface area contributed by atoms with Gasteiger partial charge in [-0.15, -0.1) is 0 Å². The predicted octanol–water partition coefficient (Wildman–Crippen LogP) is 17.9. The summed E-state index contributed by atoms with van der Waals surface area (Å²) in [5.74, 6) is 0.519. The molecule has 0 saturated carbocycles. The molecule has 16 rings (SSSR count). The zero-order chi connectivity index (χ0) is 47.9. The van der Waals surface area contributed by atoms with E-state index >= 15 is 0 Å². The van der Waals surface area contributed by atoms with Crippen LogP contribution in [0.4, 0.5) is 0 Å². The zero-order valence-corrected chi connectivity index (χ0v) is 39.7. The third-order valence-corrected chi connectivity index (χ3v) is 15.5. The van der Waals surface area contributed by atoms with Crippen LogP contribution in [0.15, 0.2) is 237 Å². The Balaban J connectivity index is 1.03. The summed E-state index contributed by atoms with van der Waals surface area (Å²) in [6, 6.07) is 76.1. The number of aliphatic imine (C=N–C) groups is 2. The second kappa shape index (κ2) is 15.2. The topological polar surface area (TPSA) is 60.9 Å². The lowest BCUT2D eigenvalue weighted by Crippen LogP contribution is -2.20. The van der Waals surface area contributed by atoms with Crippen LogP contribution >= 0.6 is 0 Å². The van der Waals surface area contributed by atoms with Crippen LogP contribution in [0.25, 0.3) is 131 Å². The summed E-state index contributed by atoms with van der Waals surface area (Å²) in [5.41, 5.74) is 12.5. The van der Waals surface area contributed by atoms with Gasteiger partial charge in [0.05, 0.1) is 39.2 Å². The monoisotopic (exact) mass is 934 g/mol. The first kappa shape index (κ1) is 40.2. The van der Waals surface area contributed by atoms with E-state index in [1.165, 1.54) is 32.3 Å². The highest BCUT2D eigenvalue weighted by Crippen LogP contribution is 2.44. The first-order chi connectivity index (χ1) is 36.1. The van der Waals surface area contributed by atoms with Gasteiger partial charge >= 0.3 is 0 Å².